The van der Waals surface area contributed by atoms with Crippen LogP contribution < -0.4 is 5.32 Å². The molecule has 1 saturated heterocycles. The van der Waals surface area contributed by atoms with Crippen molar-refractivity contribution in [2.24, 2.45) is 0 Å². The molecule has 1 fully saturated rings. The van der Waals surface area contributed by atoms with Gasteiger partial charge in [0.25, 0.3) is 0 Å². The molecular weight excluding hydrogens is 228 g/mol. The van der Waals surface area contributed by atoms with Gasteiger partial charge in [0, 0.05) is 12.8 Å². The molecule has 16 heavy (non-hydrogen) atoms. The minimum atomic E-state index is 0.313. The van der Waals surface area contributed by atoms with Crippen LogP contribution in [0.2, 0.25) is 5.02 Å². The molecule has 3 rings (SSSR count). The smallest absolute Gasteiger partial charge is 0.243 e. The molecule has 84 valence electrons. The third-order valence-electron chi connectivity index (χ3n) is 2.56. The number of hydrogen-bond donors (Lipinski definition) is 1. The third-order valence-corrected chi connectivity index (χ3v) is 2.78. The van der Waals surface area contributed by atoms with E-state index in [4.69, 9.17) is 16.3 Å². The summed E-state index contributed by atoms with van der Waals surface area (Å²) in [6.45, 7) is 1.52. The van der Waals surface area contributed by atoms with E-state index in [2.05, 4.69) is 15.4 Å². The minimum Gasteiger partial charge on any atom is -0.379 e. The highest BCUT2D eigenvalue weighted by molar-refractivity contribution is 6.30. The van der Waals surface area contributed by atoms with E-state index in [9.17, 15) is 0 Å². The summed E-state index contributed by atoms with van der Waals surface area (Å²) in [5.74, 6) is 0.623. The third kappa shape index (κ3) is 1.83. The van der Waals surface area contributed by atoms with E-state index in [0.717, 1.165) is 25.3 Å². The van der Waals surface area contributed by atoms with Gasteiger partial charge < -0.3 is 10.1 Å². The number of hydrogen-bond acceptors (Lipinski definition) is 4. The maximum absolute atomic E-state index is 5.87. The van der Waals surface area contributed by atoms with Gasteiger partial charge in [-0.2, -0.15) is 4.98 Å². The van der Waals surface area contributed by atoms with Crippen LogP contribution in [0.25, 0.3) is 5.65 Å². The molecule has 0 aromatic carbocycles. The van der Waals surface area contributed by atoms with E-state index in [1.807, 2.05) is 6.07 Å². The van der Waals surface area contributed by atoms with Crippen LogP contribution in [0.15, 0.2) is 18.3 Å². The summed E-state index contributed by atoms with van der Waals surface area (Å²) in [4.78, 5) is 4.34. The summed E-state index contributed by atoms with van der Waals surface area (Å²) >= 11 is 5.87. The molecule has 6 heteroatoms. The second-order valence-corrected chi connectivity index (χ2v) is 4.23. The van der Waals surface area contributed by atoms with Gasteiger partial charge >= 0.3 is 0 Å². The molecule has 3 heterocycles. The molecule has 0 amide bonds. The molecule has 0 aliphatic carbocycles. The van der Waals surface area contributed by atoms with Gasteiger partial charge in [-0.1, -0.05) is 11.6 Å². The van der Waals surface area contributed by atoms with E-state index >= 15 is 0 Å². The first kappa shape index (κ1) is 9.86. The lowest BCUT2D eigenvalue weighted by Gasteiger charge is -2.06. The predicted octanol–water partition coefficient (Wildman–Crippen LogP) is 1.58. The van der Waals surface area contributed by atoms with Crippen LogP contribution in [-0.2, 0) is 4.74 Å². The largest absolute Gasteiger partial charge is 0.379 e. The van der Waals surface area contributed by atoms with Crippen molar-refractivity contribution in [1.29, 1.82) is 0 Å². The lowest BCUT2D eigenvalue weighted by atomic mass is 10.3. The van der Waals surface area contributed by atoms with Gasteiger partial charge in [0.1, 0.15) is 0 Å². The quantitative estimate of drug-likeness (QED) is 0.863. The van der Waals surface area contributed by atoms with Crippen molar-refractivity contribution in [2.45, 2.75) is 12.5 Å². The fraction of sp³-hybridized carbons (Fsp3) is 0.400. The summed E-state index contributed by atoms with van der Waals surface area (Å²) in [5, 5.41) is 8.18. The van der Waals surface area contributed by atoms with E-state index in [1.165, 1.54) is 0 Å². The Morgan fingerprint density at radius 2 is 2.44 bits per heavy atom. The molecule has 0 bridgehead atoms. The maximum atomic E-state index is 5.87. The number of aromatic nitrogens is 3. The Morgan fingerprint density at radius 1 is 1.50 bits per heavy atom. The Balaban J connectivity index is 1.86. The van der Waals surface area contributed by atoms with Crippen LogP contribution in [0.1, 0.15) is 6.42 Å². The van der Waals surface area contributed by atoms with Gasteiger partial charge in [-0.05, 0) is 18.6 Å². The van der Waals surface area contributed by atoms with Gasteiger partial charge in [0.05, 0.1) is 17.7 Å². The molecule has 1 atom stereocenters. The van der Waals surface area contributed by atoms with E-state index in [-0.39, 0.29) is 0 Å². The first-order valence-electron chi connectivity index (χ1n) is 5.17. The molecule has 0 radical (unpaired) electrons. The predicted molar refractivity (Wildman–Crippen MR) is 60.8 cm³/mol. The number of fused-ring (bicyclic) bond motifs is 1. The number of halogens is 1. The van der Waals surface area contributed by atoms with Gasteiger partial charge in [-0.3, -0.25) is 0 Å². The zero-order chi connectivity index (χ0) is 11.0. The molecule has 0 saturated carbocycles. The van der Waals surface area contributed by atoms with Gasteiger partial charge in [-0.15, -0.1) is 5.10 Å². The second kappa shape index (κ2) is 3.92. The summed E-state index contributed by atoms with van der Waals surface area (Å²) in [5.41, 5.74) is 0.783. The Bertz CT molecular complexity index is 506. The van der Waals surface area contributed by atoms with Crippen LogP contribution in [0, 0.1) is 0 Å². The molecule has 1 unspecified atom stereocenters. The Morgan fingerprint density at radius 3 is 3.25 bits per heavy atom. The lowest BCUT2D eigenvalue weighted by Crippen LogP contribution is -2.19. The standard InChI is InChI=1S/C10H11ClN4O/c11-7-1-2-9-13-10(14-15(9)5-7)12-8-3-4-16-6-8/h1-2,5,8H,3-4,6H2,(H,12,14). The Labute approximate surface area is 97.4 Å². The van der Waals surface area contributed by atoms with Crippen molar-refractivity contribution in [3.05, 3.63) is 23.4 Å². The van der Waals surface area contributed by atoms with Gasteiger partial charge in [0.2, 0.25) is 5.95 Å². The van der Waals surface area contributed by atoms with E-state index in [1.54, 1.807) is 16.8 Å². The molecule has 1 N–H and O–H groups in total. The number of nitrogens with zero attached hydrogens (tertiary/aromatic N) is 3. The molecule has 2 aromatic heterocycles. The van der Waals surface area contributed by atoms with Crippen LogP contribution in [0.4, 0.5) is 5.95 Å². The second-order valence-electron chi connectivity index (χ2n) is 3.79. The molecule has 2 aromatic rings. The fourth-order valence-electron chi connectivity index (χ4n) is 1.75. The lowest BCUT2D eigenvalue weighted by molar-refractivity contribution is 0.195. The SMILES string of the molecule is Clc1ccc2nc(NC3CCOC3)nn2c1. The van der Waals surface area contributed by atoms with Crippen molar-refractivity contribution in [3.63, 3.8) is 0 Å². The van der Waals surface area contributed by atoms with Crippen molar-refractivity contribution in [2.75, 3.05) is 18.5 Å². The van der Waals surface area contributed by atoms with Gasteiger partial charge in [-0.25, -0.2) is 4.52 Å². The number of pyridine rings is 1. The zero-order valence-corrected chi connectivity index (χ0v) is 9.31. The number of nitrogens with one attached hydrogen (secondary N) is 1. The summed E-state index contributed by atoms with van der Waals surface area (Å²) in [6.07, 6.45) is 2.73. The molecule has 0 spiro atoms. The number of anilines is 1. The molecule has 1 aliphatic heterocycles. The average molecular weight is 239 g/mol. The highest BCUT2D eigenvalue weighted by atomic mass is 35.5. The Hall–Kier alpha value is -1.33. The maximum Gasteiger partial charge on any atom is 0.243 e. The van der Waals surface area contributed by atoms with Crippen LogP contribution >= 0.6 is 11.6 Å². The monoisotopic (exact) mass is 238 g/mol. The van der Waals surface area contributed by atoms with Crippen LogP contribution in [-0.4, -0.2) is 33.9 Å². The van der Waals surface area contributed by atoms with Crippen molar-refractivity contribution < 1.29 is 4.74 Å². The highest BCUT2D eigenvalue weighted by Crippen LogP contribution is 2.14. The van der Waals surface area contributed by atoms with Crippen molar-refractivity contribution in [3.8, 4) is 0 Å². The first-order valence-corrected chi connectivity index (χ1v) is 5.55. The molecular formula is C10H11ClN4O. The number of rotatable bonds is 2. The van der Waals surface area contributed by atoms with Crippen molar-refractivity contribution in [1.82, 2.24) is 14.6 Å². The van der Waals surface area contributed by atoms with Gasteiger partial charge in [0.15, 0.2) is 5.65 Å². The zero-order valence-electron chi connectivity index (χ0n) is 8.56. The normalized spacial score (nSPS) is 20.4. The average Bonchev–Trinajstić information content (AvgIpc) is 2.86. The Kier molecular flexibility index (Phi) is 2.41. The summed E-state index contributed by atoms with van der Waals surface area (Å²) in [7, 11) is 0. The van der Waals surface area contributed by atoms with Crippen LogP contribution in [0.3, 0.4) is 0 Å². The van der Waals surface area contributed by atoms with E-state index in [0.29, 0.717) is 17.0 Å². The highest BCUT2D eigenvalue weighted by Gasteiger charge is 2.16. The molecule has 1 aliphatic rings. The van der Waals surface area contributed by atoms with Crippen molar-refractivity contribution >= 4 is 23.2 Å². The van der Waals surface area contributed by atoms with E-state index < -0.39 is 0 Å². The molecule has 5 nitrogen and oxygen atoms in total. The number of ether oxygens (including phenoxy) is 1. The fourth-order valence-corrected chi connectivity index (χ4v) is 1.91. The first-order chi connectivity index (χ1) is 7.81. The minimum absolute atomic E-state index is 0.313. The van der Waals surface area contributed by atoms with Crippen LogP contribution in [0.5, 0.6) is 0 Å². The topological polar surface area (TPSA) is 51.5 Å². The summed E-state index contributed by atoms with van der Waals surface area (Å²) in [6, 6.07) is 3.95. The summed E-state index contributed by atoms with van der Waals surface area (Å²) < 4.78 is 6.94.